The predicted molar refractivity (Wildman–Crippen MR) is 103 cm³/mol. The van der Waals surface area contributed by atoms with Crippen LogP contribution in [0.25, 0.3) is 0 Å². The smallest absolute Gasteiger partial charge is 0.337 e. The van der Waals surface area contributed by atoms with Crippen LogP contribution in [0.3, 0.4) is 0 Å². The third-order valence-corrected chi connectivity index (χ3v) is 4.24. The summed E-state index contributed by atoms with van der Waals surface area (Å²) in [5, 5.41) is 21.4. The Labute approximate surface area is 156 Å². The van der Waals surface area contributed by atoms with Gasteiger partial charge in [0.1, 0.15) is 5.75 Å². The van der Waals surface area contributed by atoms with Crippen LogP contribution in [0.4, 0.5) is 5.69 Å². The van der Waals surface area contributed by atoms with E-state index in [1.165, 1.54) is 6.07 Å². The molecule has 0 aliphatic heterocycles. The largest absolute Gasteiger partial charge is 0.508 e. The lowest BCUT2D eigenvalue weighted by molar-refractivity contribution is 0.0698. The quantitative estimate of drug-likeness (QED) is 0.616. The Hall–Kier alpha value is -3.60. The number of aromatic hydroxyl groups is 1. The summed E-state index contributed by atoms with van der Waals surface area (Å²) in [6, 6.07) is 20.6. The van der Waals surface area contributed by atoms with Gasteiger partial charge < -0.3 is 15.5 Å². The Morgan fingerprint density at radius 2 is 1.44 bits per heavy atom. The van der Waals surface area contributed by atoms with Gasteiger partial charge in [-0.05, 0) is 60.4 Å². The summed E-state index contributed by atoms with van der Waals surface area (Å²) in [6.45, 7) is 0. The number of phenolic OH excluding ortho intramolecular Hbond substituents is 1. The summed E-state index contributed by atoms with van der Waals surface area (Å²) in [5.41, 5.74) is 2.76. The van der Waals surface area contributed by atoms with Crippen LogP contribution >= 0.6 is 0 Å². The molecular formula is C22H19NO4. The zero-order chi connectivity index (χ0) is 19.2. The van der Waals surface area contributed by atoms with E-state index in [4.69, 9.17) is 0 Å². The Bertz CT molecular complexity index is 950. The number of aryl methyl sites for hydroxylation is 2. The van der Waals surface area contributed by atoms with E-state index in [0.717, 1.165) is 17.5 Å². The number of nitrogens with one attached hydrogen (secondary N) is 1. The van der Waals surface area contributed by atoms with Crippen LogP contribution in [0.5, 0.6) is 5.75 Å². The lowest BCUT2D eigenvalue weighted by Crippen LogP contribution is -2.15. The molecule has 0 fully saturated rings. The molecule has 0 unspecified atom stereocenters. The third-order valence-electron chi connectivity index (χ3n) is 4.24. The Balaban J connectivity index is 1.79. The van der Waals surface area contributed by atoms with Crippen molar-refractivity contribution in [3.05, 3.63) is 95.1 Å². The third kappa shape index (κ3) is 4.73. The van der Waals surface area contributed by atoms with Gasteiger partial charge in [0.25, 0.3) is 5.91 Å². The molecule has 5 heteroatoms. The Morgan fingerprint density at radius 1 is 0.815 bits per heavy atom. The molecule has 3 rings (SSSR count). The van der Waals surface area contributed by atoms with Crippen molar-refractivity contribution in [2.24, 2.45) is 0 Å². The number of carboxylic acids is 1. The molecule has 0 saturated carbocycles. The van der Waals surface area contributed by atoms with Crippen LogP contribution in [0.2, 0.25) is 0 Å². The van der Waals surface area contributed by atoms with Crippen molar-refractivity contribution in [2.75, 3.05) is 5.32 Å². The highest BCUT2D eigenvalue weighted by Gasteiger charge is 2.14. The summed E-state index contributed by atoms with van der Waals surface area (Å²) in [7, 11) is 0. The number of hydrogen-bond donors (Lipinski definition) is 3. The highest BCUT2D eigenvalue weighted by Crippen LogP contribution is 2.21. The standard InChI is InChI=1S/C22H19NO4/c24-18-11-8-15(9-12-18)6-7-16-10-13-19(22(26)27)20(14-16)23-21(25)17-4-2-1-3-5-17/h1-5,8-14,24H,6-7H2,(H,23,25)(H,26,27). The molecule has 0 aliphatic rings. The monoisotopic (exact) mass is 361 g/mol. The van der Waals surface area contributed by atoms with Crippen molar-refractivity contribution < 1.29 is 19.8 Å². The molecule has 0 bridgehead atoms. The maximum Gasteiger partial charge on any atom is 0.337 e. The van der Waals surface area contributed by atoms with Crippen LogP contribution in [-0.2, 0) is 12.8 Å². The minimum absolute atomic E-state index is 0.0488. The molecule has 0 saturated heterocycles. The average molecular weight is 361 g/mol. The highest BCUT2D eigenvalue weighted by molar-refractivity contribution is 6.07. The summed E-state index contributed by atoms with van der Waals surface area (Å²) in [6.07, 6.45) is 1.41. The van der Waals surface area contributed by atoms with Crippen LogP contribution < -0.4 is 5.32 Å². The summed E-state index contributed by atoms with van der Waals surface area (Å²) in [5.74, 6) is -1.23. The maximum atomic E-state index is 12.4. The molecule has 3 aromatic carbocycles. The molecule has 0 spiro atoms. The number of amides is 1. The van der Waals surface area contributed by atoms with Gasteiger partial charge in [-0.3, -0.25) is 4.79 Å². The fraction of sp³-hybridized carbons (Fsp3) is 0.0909. The normalized spacial score (nSPS) is 10.4. The molecule has 3 aromatic rings. The lowest BCUT2D eigenvalue weighted by atomic mass is 10.0. The molecule has 0 radical (unpaired) electrons. The second-order valence-corrected chi connectivity index (χ2v) is 6.17. The number of rotatable bonds is 6. The molecule has 27 heavy (non-hydrogen) atoms. The van der Waals surface area contributed by atoms with E-state index in [0.29, 0.717) is 12.0 Å². The van der Waals surface area contributed by atoms with Gasteiger partial charge in [0.2, 0.25) is 0 Å². The Kier molecular flexibility index (Phi) is 5.52. The molecule has 5 nitrogen and oxygen atoms in total. The fourth-order valence-corrected chi connectivity index (χ4v) is 2.77. The van der Waals surface area contributed by atoms with E-state index < -0.39 is 5.97 Å². The first-order valence-electron chi connectivity index (χ1n) is 8.53. The number of phenols is 1. The zero-order valence-electron chi connectivity index (χ0n) is 14.6. The van der Waals surface area contributed by atoms with Crippen LogP contribution in [0, 0.1) is 0 Å². The van der Waals surface area contributed by atoms with Gasteiger partial charge in [-0.15, -0.1) is 0 Å². The van der Waals surface area contributed by atoms with Gasteiger partial charge in [-0.2, -0.15) is 0 Å². The Morgan fingerprint density at radius 3 is 2.11 bits per heavy atom. The molecule has 0 atom stereocenters. The van der Waals surface area contributed by atoms with Gasteiger partial charge in [0.15, 0.2) is 0 Å². The molecule has 0 aromatic heterocycles. The zero-order valence-corrected chi connectivity index (χ0v) is 14.6. The number of aromatic carboxylic acids is 1. The molecular weight excluding hydrogens is 342 g/mol. The molecule has 0 heterocycles. The van der Waals surface area contributed by atoms with E-state index in [1.807, 2.05) is 18.2 Å². The maximum absolute atomic E-state index is 12.4. The molecule has 1 amide bonds. The number of carbonyl (C=O) groups is 2. The number of benzene rings is 3. The van der Waals surface area contributed by atoms with Crippen molar-refractivity contribution >= 4 is 17.6 Å². The number of carboxylic acid groups (broad SMARTS) is 1. The lowest BCUT2D eigenvalue weighted by Gasteiger charge is -2.11. The van der Waals surface area contributed by atoms with Gasteiger partial charge >= 0.3 is 5.97 Å². The van der Waals surface area contributed by atoms with Crippen molar-refractivity contribution in [3.63, 3.8) is 0 Å². The van der Waals surface area contributed by atoms with Crippen molar-refractivity contribution in [1.29, 1.82) is 0 Å². The van der Waals surface area contributed by atoms with Gasteiger partial charge in [0.05, 0.1) is 11.3 Å². The van der Waals surface area contributed by atoms with E-state index >= 15 is 0 Å². The van der Waals surface area contributed by atoms with Gasteiger partial charge in [0, 0.05) is 5.56 Å². The van der Waals surface area contributed by atoms with E-state index in [2.05, 4.69) is 5.32 Å². The predicted octanol–water partition coefficient (Wildman–Crippen LogP) is 4.13. The first-order valence-corrected chi connectivity index (χ1v) is 8.53. The van der Waals surface area contributed by atoms with E-state index in [-0.39, 0.29) is 22.9 Å². The van der Waals surface area contributed by atoms with Gasteiger partial charge in [-0.25, -0.2) is 4.79 Å². The number of hydrogen-bond acceptors (Lipinski definition) is 3. The number of anilines is 1. The van der Waals surface area contributed by atoms with Crippen LogP contribution in [0.1, 0.15) is 31.8 Å². The SMILES string of the molecule is O=C(Nc1cc(CCc2ccc(O)cc2)ccc1C(=O)O)c1ccccc1. The molecule has 3 N–H and O–H groups in total. The van der Waals surface area contributed by atoms with Crippen molar-refractivity contribution in [1.82, 2.24) is 0 Å². The fourth-order valence-electron chi connectivity index (χ4n) is 2.77. The minimum Gasteiger partial charge on any atom is -0.508 e. The first kappa shape index (κ1) is 18.2. The first-order chi connectivity index (χ1) is 13.0. The highest BCUT2D eigenvalue weighted by atomic mass is 16.4. The summed E-state index contributed by atoms with van der Waals surface area (Å²) >= 11 is 0. The molecule has 136 valence electrons. The van der Waals surface area contributed by atoms with E-state index in [1.54, 1.807) is 48.5 Å². The summed E-state index contributed by atoms with van der Waals surface area (Å²) in [4.78, 5) is 23.9. The van der Waals surface area contributed by atoms with Crippen molar-refractivity contribution in [3.8, 4) is 5.75 Å². The minimum atomic E-state index is -1.09. The summed E-state index contributed by atoms with van der Waals surface area (Å²) < 4.78 is 0. The second-order valence-electron chi connectivity index (χ2n) is 6.17. The molecule has 0 aliphatic carbocycles. The average Bonchev–Trinajstić information content (AvgIpc) is 2.68. The topological polar surface area (TPSA) is 86.6 Å². The number of carbonyl (C=O) groups excluding carboxylic acids is 1. The van der Waals surface area contributed by atoms with E-state index in [9.17, 15) is 19.8 Å². The van der Waals surface area contributed by atoms with Crippen molar-refractivity contribution in [2.45, 2.75) is 12.8 Å². The van der Waals surface area contributed by atoms with Gasteiger partial charge in [-0.1, -0.05) is 36.4 Å². The van der Waals surface area contributed by atoms with Crippen LogP contribution in [0.15, 0.2) is 72.8 Å². The van der Waals surface area contributed by atoms with Crippen LogP contribution in [-0.4, -0.2) is 22.1 Å². The second kappa shape index (κ2) is 8.19.